The molecule has 0 unspecified atom stereocenters. The number of carboxylic acid groups (broad SMARTS) is 1. The molecule has 0 aliphatic heterocycles. The van der Waals surface area contributed by atoms with Crippen molar-refractivity contribution in [2.75, 3.05) is 13.1 Å². The fourth-order valence-corrected chi connectivity index (χ4v) is 2.78. The lowest BCUT2D eigenvalue weighted by Crippen LogP contribution is -2.35. The first kappa shape index (κ1) is 15.7. The topological polar surface area (TPSA) is 57.6 Å². The molecule has 0 aromatic carbocycles. The van der Waals surface area contributed by atoms with E-state index >= 15 is 0 Å². The number of carboxylic acids is 1. The summed E-state index contributed by atoms with van der Waals surface area (Å²) in [6.07, 6.45) is -0.0121. The van der Waals surface area contributed by atoms with Crippen LogP contribution in [0.2, 0.25) is 0 Å². The lowest BCUT2D eigenvalue weighted by Gasteiger charge is -2.23. The Morgan fingerprint density at radius 1 is 1.37 bits per heavy atom. The highest BCUT2D eigenvalue weighted by atomic mass is 32.1. The molecule has 0 bridgehead atoms. The summed E-state index contributed by atoms with van der Waals surface area (Å²) in [7, 11) is 0. The Morgan fingerprint density at radius 2 is 2.00 bits per heavy atom. The summed E-state index contributed by atoms with van der Waals surface area (Å²) in [4.78, 5) is 26.5. The quantitative estimate of drug-likeness (QED) is 0.873. The van der Waals surface area contributed by atoms with Crippen molar-refractivity contribution in [3.63, 3.8) is 0 Å². The first-order valence-electron chi connectivity index (χ1n) is 6.39. The number of aryl methyl sites for hydroxylation is 2. The summed E-state index contributed by atoms with van der Waals surface area (Å²) in [6, 6.07) is 1.89. The molecule has 0 radical (unpaired) electrons. The minimum Gasteiger partial charge on any atom is -0.481 e. The predicted molar refractivity (Wildman–Crippen MR) is 76.8 cm³/mol. The number of nitrogens with zero attached hydrogens (tertiary/aromatic N) is 1. The molecule has 1 rings (SSSR count). The van der Waals surface area contributed by atoms with Gasteiger partial charge in [0.15, 0.2) is 0 Å². The van der Waals surface area contributed by atoms with Gasteiger partial charge in [-0.2, -0.15) is 0 Å². The van der Waals surface area contributed by atoms with Crippen LogP contribution in [0.4, 0.5) is 0 Å². The zero-order valence-corrected chi connectivity index (χ0v) is 12.7. The molecule has 0 atom stereocenters. The smallest absolute Gasteiger partial charge is 0.305 e. The fourth-order valence-electron chi connectivity index (χ4n) is 1.78. The highest BCUT2D eigenvalue weighted by molar-refractivity contribution is 7.14. The number of thiophene rings is 1. The second kappa shape index (κ2) is 6.70. The Labute approximate surface area is 118 Å². The number of carbonyl (C=O) groups excluding carboxylic acids is 1. The molecule has 106 valence electrons. The molecule has 0 saturated heterocycles. The average molecular weight is 283 g/mol. The molecule has 5 heteroatoms. The van der Waals surface area contributed by atoms with Crippen molar-refractivity contribution in [1.82, 2.24) is 4.90 Å². The van der Waals surface area contributed by atoms with Crippen LogP contribution in [0.3, 0.4) is 0 Å². The SMILES string of the molecule is Cc1cc(C(=O)N(CCC(=O)O)CC(C)C)sc1C. The maximum atomic E-state index is 12.4. The number of hydrogen-bond donors (Lipinski definition) is 1. The van der Waals surface area contributed by atoms with Gasteiger partial charge in [0.1, 0.15) is 0 Å². The number of aliphatic carboxylic acids is 1. The molecule has 0 saturated carbocycles. The Bertz CT molecular complexity index is 446. The second-order valence-corrected chi connectivity index (χ2v) is 6.39. The van der Waals surface area contributed by atoms with E-state index in [0.29, 0.717) is 17.3 Å². The van der Waals surface area contributed by atoms with E-state index in [2.05, 4.69) is 0 Å². The van der Waals surface area contributed by atoms with Crippen molar-refractivity contribution in [1.29, 1.82) is 0 Å². The monoisotopic (exact) mass is 283 g/mol. The van der Waals surface area contributed by atoms with Gasteiger partial charge in [-0.05, 0) is 31.4 Å². The van der Waals surface area contributed by atoms with Crippen molar-refractivity contribution in [2.45, 2.75) is 34.1 Å². The molecule has 1 N–H and O–H groups in total. The fraction of sp³-hybridized carbons (Fsp3) is 0.571. The van der Waals surface area contributed by atoms with E-state index in [0.717, 1.165) is 10.4 Å². The average Bonchev–Trinajstić information content (AvgIpc) is 2.63. The molecular weight excluding hydrogens is 262 g/mol. The van der Waals surface area contributed by atoms with Gasteiger partial charge in [0.25, 0.3) is 5.91 Å². The Morgan fingerprint density at radius 3 is 2.42 bits per heavy atom. The summed E-state index contributed by atoms with van der Waals surface area (Å²) < 4.78 is 0. The van der Waals surface area contributed by atoms with Crippen LogP contribution in [0.25, 0.3) is 0 Å². The standard InChI is InChI=1S/C14H21NO3S/c1-9(2)8-15(6-5-13(16)17)14(18)12-7-10(3)11(4)19-12/h7,9H,5-6,8H2,1-4H3,(H,16,17). The van der Waals surface area contributed by atoms with Crippen LogP contribution in [0.1, 0.15) is 40.4 Å². The highest BCUT2D eigenvalue weighted by Gasteiger charge is 2.20. The zero-order chi connectivity index (χ0) is 14.6. The molecule has 19 heavy (non-hydrogen) atoms. The van der Waals surface area contributed by atoms with E-state index in [9.17, 15) is 9.59 Å². The van der Waals surface area contributed by atoms with Crippen LogP contribution in [0, 0.1) is 19.8 Å². The van der Waals surface area contributed by atoms with E-state index in [1.165, 1.54) is 11.3 Å². The Balaban J connectivity index is 2.83. The van der Waals surface area contributed by atoms with Gasteiger partial charge in [0.05, 0.1) is 11.3 Å². The van der Waals surface area contributed by atoms with Crippen LogP contribution >= 0.6 is 11.3 Å². The van der Waals surface area contributed by atoms with E-state index in [1.54, 1.807) is 4.90 Å². The van der Waals surface area contributed by atoms with Gasteiger partial charge >= 0.3 is 5.97 Å². The van der Waals surface area contributed by atoms with Gasteiger partial charge in [0.2, 0.25) is 0 Å². The summed E-state index contributed by atoms with van der Waals surface area (Å²) in [5, 5.41) is 8.76. The number of carbonyl (C=O) groups is 2. The predicted octanol–water partition coefficient (Wildman–Crippen LogP) is 2.94. The number of hydrogen-bond acceptors (Lipinski definition) is 3. The third-order valence-electron chi connectivity index (χ3n) is 2.85. The molecule has 0 aliphatic carbocycles. The summed E-state index contributed by atoms with van der Waals surface area (Å²) >= 11 is 1.47. The van der Waals surface area contributed by atoms with Crippen molar-refractivity contribution in [3.05, 3.63) is 21.4 Å². The zero-order valence-electron chi connectivity index (χ0n) is 11.9. The molecule has 1 aromatic rings. The van der Waals surface area contributed by atoms with Crippen molar-refractivity contribution in [2.24, 2.45) is 5.92 Å². The third kappa shape index (κ3) is 4.67. The lowest BCUT2D eigenvalue weighted by atomic mass is 10.2. The lowest BCUT2D eigenvalue weighted by molar-refractivity contribution is -0.137. The first-order chi connectivity index (χ1) is 8.81. The molecule has 1 heterocycles. The van der Waals surface area contributed by atoms with Gasteiger partial charge in [-0.15, -0.1) is 11.3 Å². The van der Waals surface area contributed by atoms with Crippen molar-refractivity contribution < 1.29 is 14.7 Å². The second-order valence-electron chi connectivity index (χ2n) is 5.14. The maximum absolute atomic E-state index is 12.4. The minimum atomic E-state index is -0.875. The van der Waals surface area contributed by atoms with E-state index in [-0.39, 0.29) is 18.9 Å². The van der Waals surface area contributed by atoms with Gasteiger partial charge < -0.3 is 10.0 Å². The molecule has 0 fully saturated rings. The maximum Gasteiger partial charge on any atom is 0.305 e. The van der Waals surface area contributed by atoms with E-state index in [1.807, 2.05) is 33.8 Å². The van der Waals surface area contributed by atoms with Crippen LogP contribution in [-0.4, -0.2) is 35.0 Å². The summed E-state index contributed by atoms with van der Waals surface area (Å²) in [6.45, 7) is 8.86. The van der Waals surface area contributed by atoms with Crippen LogP contribution in [0.5, 0.6) is 0 Å². The van der Waals surface area contributed by atoms with Gasteiger partial charge in [-0.3, -0.25) is 9.59 Å². The highest BCUT2D eigenvalue weighted by Crippen LogP contribution is 2.22. The Kier molecular flexibility index (Phi) is 5.54. The van der Waals surface area contributed by atoms with E-state index in [4.69, 9.17) is 5.11 Å². The molecule has 0 aliphatic rings. The van der Waals surface area contributed by atoms with E-state index < -0.39 is 5.97 Å². The molecule has 1 amide bonds. The molecule has 4 nitrogen and oxygen atoms in total. The largest absolute Gasteiger partial charge is 0.481 e. The third-order valence-corrected chi connectivity index (χ3v) is 3.99. The van der Waals surface area contributed by atoms with Crippen LogP contribution in [-0.2, 0) is 4.79 Å². The summed E-state index contributed by atoms with van der Waals surface area (Å²) in [5.74, 6) is -0.615. The minimum absolute atomic E-state index is 0.0121. The van der Waals surface area contributed by atoms with Crippen LogP contribution < -0.4 is 0 Å². The molecule has 0 spiro atoms. The normalized spacial score (nSPS) is 10.8. The number of rotatable bonds is 6. The van der Waals surface area contributed by atoms with Crippen LogP contribution in [0.15, 0.2) is 6.07 Å². The first-order valence-corrected chi connectivity index (χ1v) is 7.21. The molecule has 1 aromatic heterocycles. The Hall–Kier alpha value is -1.36. The van der Waals surface area contributed by atoms with Gasteiger partial charge in [-0.1, -0.05) is 13.8 Å². The molecular formula is C14H21NO3S. The summed E-state index contributed by atoms with van der Waals surface area (Å²) in [5.41, 5.74) is 1.11. The van der Waals surface area contributed by atoms with Gasteiger partial charge in [-0.25, -0.2) is 0 Å². The number of amides is 1. The van der Waals surface area contributed by atoms with Gasteiger partial charge in [0, 0.05) is 18.0 Å². The van der Waals surface area contributed by atoms with Crippen molar-refractivity contribution >= 4 is 23.2 Å². The van der Waals surface area contributed by atoms with Crippen molar-refractivity contribution in [3.8, 4) is 0 Å².